The van der Waals surface area contributed by atoms with E-state index in [9.17, 15) is 9.90 Å². The minimum Gasteiger partial charge on any atom is -0.481 e. The largest absolute Gasteiger partial charge is 0.481 e. The number of rotatable bonds is 12. The Morgan fingerprint density at radius 1 is 0.947 bits per heavy atom. The molecule has 208 valence electrons. The van der Waals surface area contributed by atoms with Gasteiger partial charge in [0.15, 0.2) is 0 Å². The lowest BCUT2D eigenvalue weighted by Gasteiger charge is -2.59. The number of aliphatic carboxylic acids is 1. The average Bonchev–Trinajstić information content (AvgIpc) is 2.88. The summed E-state index contributed by atoms with van der Waals surface area (Å²) in [7, 11) is 0. The molecule has 0 radical (unpaired) electrons. The van der Waals surface area contributed by atoms with Gasteiger partial charge in [-0.15, -0.1) is 0 Å². The second kappa shape index (κ2) is 12.3. The first-order chi connectivity index (χ1) is 18.1. The Bertz CT molecular complexity index is 1030. The van der Waals surface area contributed by atoms with Gasteiger partial charge in [-0.25, -0.2) is 0 Å². The van der Waals surface area contributed by atoms with Crippen LogP contribution in [0.25, 0.3) is 0 Å². The van der Waals surface area contributed by atoms with Crippen molar-refractivity contribution in [2.45, 2.75) is 108 Å². The van der Waals surface area contributed by atoms with Crippen LogP contribution < -0.4 is 0 Å². The maximum absolute atomic E-state index is 11.1. The molecule has 0 amide bonds. The zero-order valence-electron chi connectivity index (χ0n) is 22.8. The van der Waals surface area contributed by atoms with Crippen LogP contribution in [0, 0.1) is 0 Å². The third kappa shape index (κ3) is 7.01. The number of ether oxygens (including phenoxy) is 4. The zero-order chi connectivity index (χ0) is 27.2. The molecule has 7 nitrogen and oxygen atoms in total. The fraction of sp³-hybridized carbons (Fsp3) is 0.581. The van der Waals surface area contributed by atoms with Gasteiger partial charge in [-0.3, -0.25) is 4.79 Å². The Labute approximate surface area is 226 Å². The summed E-state index contributed by atoms with van der Waals surface area (Å²) in [5.41, 5.74) is 0.0536. The quantitative estimate of drug-likeness (QED) is 0.364. The van der Waals surface area contributed by atoms with E-state index in [2.05, 4.69) is 6.92 Å². The molecule has 0 aliphatic carbocycles. The molecule has 7 heteroatoms. The smallest absolute Gasteiger partial charge is 0.303 e. The average molecular weight is 527 g/mol. The molecule has 2 aromatic rings. The van der Waals surface area contributed by atoms with Crippen molar-refractivity contribution >= 4 is 5.97 Å². The van der Waals surface area contributed by atoms with Crippen LogP contribution in [-0.2, 0) is 37.0 Å². The molecule has 38 heavy (non-hydrogen) atoms. The molecular weight excluding hydrogens is 484 g/mol. The summed E-state index contributed by atoms with van der Waals surface area (Å²) in [5, 5.41) is 20.1. The number of aliphatic hydroxyl groups is 1. The first-order valence-electron chi connectivity index (χ1n) is 13.7. The third-order valence-corrected chi connectivity index (χ3v) is 8.19. The third-order valence-electron chi connectivity index (χ3n) is 8.19. The molecule has 2 saturated heterocycles. The molecule has 6 atom stereocenters. The first-order valence-corrected chi connectivity index (χ1v) is 13.7. The fourth-order valence-corrected chi connectivity index (χ4v) is 5.77. The second-order valence-corrected chi connectivity index (χ2v) is 11.4. The molecule has 0 unspecified atom stereocenters. The normalized spacial score (nSPS) is 33.0. The van der Waals surface area contributed by atoms with Gasteiger partial charge in [0.25, 0.3) is 0 Å². The van der Waals surface area contributed by atoms with Crippen molar-refractivity contribution in [1.82, 2.24) is 0 Å². The number of carboxylic acid groups (broad SMARTS) is 1. The molecule has 0 saturated carbocycles. The Morgan fingerprint density at radius 2 is 1.58 bits per heavy atom. The number of carboxylic acids is 1. The summed E-state index contributed by atoms with van der Waals surface area (Å²) in [6.45, 7) is 7.48. The maximum atomic E-state index is 11.1. The lowest BCUT2D eigenvalue weighted by Crippen LogP contribution is -2.68. The van der Waals surface area contributed by atoms with Crippen molar-refractivity contribution in [3.8, 4) is 0 Å². The van der Waals surface area contributed by atoms with Crippen LogP contribution in [0.5, 0.6) is 0 Å². The lowest BCUT2D eigenvalue weighted by atomic mass is 9.73. The van der Waals surface area contributed by atoms with Gasteiger partial charge >= 0.3 is 5.97 Å². The van der Waals surface area contributed by atoms with Gasteiger partial charge in [-0.05, 0) is 44.7 Å². The SMILES string of the molecule is C[C@]1(CCCC(=O)O)O[C@@]2(C)C[C@@H](OCc3ccccc3)[C@](C)(CCOCc3ccccc3)O[C@@H]2C[C@@H]1O. The van der Waals surface area contributed by atoms with Crippen LogP contribution in [0.1, 0.15) is 70.4 Å². The zero-order valence-corrected chi connectivity index (χ0v) is 22.8. The Balaban J connectivity index is 1.47. The van der Waals surface area contributed by atoms with Gasteiger partial charge < -0.3 is 29.2 Å². The van der Waals surface area contributed by atoms with Gasteiger partial charge in [0.1, 0.15) is 0 Å². The van der Waals surface area contributed by atoms with Crippen molar-refractivity contribution in [3.63, 3.8) is 0 Å². The van der Waals surface area contributed by atoms with Crippen LogP contribution >= 0.6 is 0 Å². The maximum Gasteiger partial charge on any atom is 0.303 e. The summed E-state index contributed by atoms with van der Waals surface area (Å²) in [5.74, 6) is -0.844. The molecule has 2 aliphatic heterocycles. The number of benzene rings is 2. The van der Waals surface area contributed by atoms with Crippen molar-refractivity contribution in [2.24, 2.45) is 0 Å². The predicted molar refractivity (Wildman–Crippen MR) is 144 cm³/mol. The fourth-order valence-electron chi connectivity index (χ4n) is 5.77. The molecule has 0 aromatic heterocycles. The van der Waals surface area contributed by atoms with Gasteiger partial charge in [0.05, 0.1) is 48.3 Å². The summed E-state index contributed by atoms with van der Waals surface area (Å²) in [6.07, 6.45) is 1.27. The molecular formula is C31H42O7. The molecule has 0 spiro atoms. The molecule has 2 N–H and O–H groups in total. The Hall–Kier alpha value is -2.29. The highest BCUT2D eigenvalue weighted by Gasteiger charge is 2.59. The topological polar surface area (TPSA) is 94.5 Å². The van der Waals surface area contributed by atoms with Gasteiger partial charge in [0, 0.05) is 32.3 Å². The number of hydrogen-bond acceptors (Lipinski definition) is 6. The second-order valence-electron chi connectivity index (χ2n) is 11.4. The summed E-state index contributed by atoms with van der Waals surface area (Å²) < 4.78 is 25.9. The molecule has 2 fully saturated rings. The summed E-state index contributed by atoms with van der Waals surface area (Å²) >= 11 is 0. The minimum atomic E-state index is -0.847. The predicted octanol–water partition coefficient (Wildman–Crippen LogP) is 5.28. The molecule has 0 bridgehead atoms. The summed E-state index contributed by atoms with van der Waals surface area (Å²) in [4.78, 5) is 11.1. The van der Waals surface area contributed by atoms with Crippen LogP contribution in [0.2, 0.25) is 0 Å². The van der Waals surface area contributed by atoms with Crippen molar-refractivity contribution in [2.75, 3.05) is 6.61 Å². The van der Waals surface area contributed by atoms with E-state index in [4.69, 9.17) is 24.1 Å². The van der Waals surface area contributed by atoms with E-state index in [1.54, 1.807) is 0 Å². The van der Waals surface area contributed by atoms with Crippen LogP contribution in [0.4, 0.5) is 0 Å². The van der Waals surface area contributed by atoms with Crippen LogP contribution in [-0.4, -0.2) is 57.9 Å². The monoisotopic (exact) mass is 526 g/mol. The summed E-state index contributed by atoms with van der Waals surface area (Å²) in [6, 6.07) is 20.2. The van der Waals surface area contributed by atoms with E-state index in [1.165, 1.54) is 0 Å². The highest BCUT2D eigenvalue weighted by atomic mass is 16.6. The van der Waals surface area contributed by atoms with Crippen molar-refractivity contribution < 1.29 is 34.0 Å². The number of aliphatic hydroxyl groups excluding tert-OH is 1. The number of hydrogen-bond donors (Lipinski definition) is 2. The highest BCUT2D eigenvalue weighted by molar-refractivity contribution is 5.66. The van der Waals surface area contributed by atoms with E-state index in [0.717, 1.165) is 11.1 Å². The Kier molecular flexibility index (Phi) is 9.27. The van der Waals surface area contributed by atoms with E-state index >= 15 is 0 Å². The van der Waals surface area contributed by atoms with E-state index in [1.807, 2.05) is 74.5 Å². The molecule has 4 rings (SSSR count). The van der Waals surface area contributed by atoms with Gasteiger partial charge in [-0.2, -0.15) is 0 Å². The van der Waals surface area contributed by atoms with Gasteiger partial charge in [0.2, 0.25) is 0 Å². The lowest BCUT2D eigenvalue weighted by molar-refractivity contribution is -0.340. The Morgan fingerprint density at radius 3 is 2.21 bits per heavy atom. The first kappa shape index (κ1) is 28.7. The van der Waals surface area contributed by atoms with Crippen molar-refractivity contribution in [3.05, 3.63) is 71.8 Å². The molecule has 2 aromatic carbocycles. The minimum absolute atomic E-state index is 0.0478. The molecule has 2 aliphatic rings. The van der Waals surface area contributed by atoms with Crippen molar-refractivity contribution in [1.29, 1.82) is 0 Å². The number of carbonyl (C=O) groups is 1. The highest BCUT2D eigenvalue weighted by Crippen LogP contribution is 2.49. The van der Waals surface area contributed by atoms with Crippen LogP contribution in [0.3, 0.4) is 0 Å². The van der Waals surface area contributed by atoms with Crippen LogP contribution in [0.15, 0.2) is 60.7 Å². The van der Waals surface area contributed by atoms with E-state index in [-0.39, 0.29) is 18.6 Å². The van der Waals surface area contributed by atoms with Gasteiger partial charge in [-0.1, -0.05) is 60.7 Å². The molecule has 2 heterocycles. The standard InChI is InChI=1S/C31H42O7/c1-29(16-10-15-28(33)34)25(32)19-26-31(3,38-29)20-27(36-22-24-13-8-5-9-14-24)30(2,37-26)17-18-35-21-23-11-6-4-7-12-23/h4-9,11-14,25-27,32H,10,15-22H2,1-3H3,(H,33,34)/t25-,26+,27+,29+,30-,31-/m0/s1. The number of fused-ring (bicyclic) bond motifs is 1. The van der Waals surface area contributed by atoms with E-state index < -0.39 is 28.9 Å². The van der Waals surface area contributed by atoms with E-state index in [0.29, 0.717) is 51.9 Å².